The lowest BCUT2D eigenvalue weighted by Gasteiger charge is -2.38. The van der Waals surface area contributed by atoms with Gasteiger partial charge >= 0.3 is 0 Å². The van der Waals surface area contributed by atoms with Crippen LogP contribution in [0.3, 0.4) is 0 Å². The van der Waals surface area contributed by atoms with Crippen LogP contribution in [-0.4, -0.2) is 64.4 Å². The van der Waals surface area contributed by atoms with Crippen LogP contribution in [-0.2, 0) is 14.4 Å². The zero-order valence-corrected chi connectivity index (χ0v) is 25.3. The van der Waals surface area contributed by atoms with E-state index < -0.39 is 48.7 Å². The summed E-state index contributed by atoms with van der Waals surface area (Å²) in [6.45, 7) is 7.38. The molecule has 0 radical (unpaired) electrons. The number of alkyl halides is 2. The molecule has 1 aliphatic carbocycles. The highest BCUT2D eigenvalue weighted by atomic mass is 35.5. The van der Waals surface area contributed by atoms with E-state index in [1.165, 1.54) is 26.0 Å². The number of aryl methyl sites for hydroxylation is 1. The first-order valence-corrected chi connectivity index (χ1v) is 14.4. The van der Waals surface area contributed by atoms with Crippen molar-refractivity contribution in [1.82, 2.24) is 15.5 Å². The number of hydrogen-bond acceptors (Lipinski definition) is 4. The number of nitrogens with zero attached hydrogens (tertiary/aromatic N) is 1. The summed E-state index contributed by atoms with van der Waals surface area (Å²) >= 11 is 6.20. The van der Waals surface area contributed by atoms with Crippen molar-refractivity contribution in [2.24, 2.45) is 11.8 Å². The summed E-state index contributed by atoms with van der Waals surface area (Å²) in [6, 6.07) is 0.0842. The number of carbonyl (C=O) groups is 4. The molecule has 220 valence electrons. The van der Waals surface area contributed by atoms with Crippen LogP contribution in [0.5, 0.6) is 0 Å². The Balaban J connectivity index is 1.73. The third-order valence-corrected chi connectivity index (χ3v) is 8.34. The molecule has 3 N–H and O–H groups in total. The Morgan fingerprint density at radius 2 is 1.80 bits per heavy atom. The second-order valence-corrected chi connectivity index (χ2v) is 12.5. The first kappa shape index (κ1) is 31.9. The van der Waals surface area contributed by atoms with Crippen molar-refractivity contribution in [3.05, 3.63) is 28.3 Å². The molecule has 0 spiro atoms. The summed E-state index contributed by atoms with van der Waals surface area (Å²) in [5.74, 6) is -5.00. The number of halogens is 3. The fourth-order valence-electron chi connectivity index (χ4n) is 5.35. The quantitative estimate of drug-likeness (QED) is 0.342. The molecule has 2 aliphatic rings. The van der Waals surface area contributed by atoms with E-state index in [2.05, 4.69) is 31.7 Å². The van der Waals surface area contributed by atoms with Crippen molar-refractivity contribution < 1.29 is 28.0 Å². The molecule has 1 aromatic carbocycles. The van der Waals surface area contributed by atoms with Gasteiger partial charge < -0.3 is 20.9 Å². The zero-order valence-electron chi connectivity index (χ0n) is 23.5. The maximum Gasteiger partial charge on any atom is 0.267 e. The third kappa shape index (κ3) is 7.78. The average molecular weight is 599 g/mol. The monoisotopic (exact) mass is 598 g/mol. The normalized spacial score (nSPS) is 20.6. The minimum Gasteiger partial charge on any atom is -0.351 e. The van der Waals surface area contributed by atoms with Gasteiger partial charge in [0.15, 0.2) is 0 Å². The highest BCUT2D eigenvalue weighted by Gasteiger charge is 2.51. The summed E-state index contributed by atoms with van der Waals surface area (Å²) in [7, 11) is 3.51. The van der Waals surface area contributed by atoms with Crippen LogP contribution >= 0.6 is 20.5 Å². The minimum atomic E-state index is -3.24. The molecule has 0 bridgehead atoms. The molecule has 8 nitrogen and oxygen atoms in total. The van der Waals surface area contributed by atoms with Gasteiger partial charge in [0, 0.05) is 24.9 Å². The van der Waals surface area contributed by atoms with Crippen LogP contribution in [0, 0.1) is 18.8 Å². The van der Waals surface area contributed by atoms with Gasteiger partial charge in [0.1, 0.15) is 12.1 Å². The van der Waals surface area contributed by atoms with Gasteiger partial charge in [0.2, 0.25) is 17.7 Å². The fraction of sp³-hybridized carbons (Fsp3) is 0.607. The second-order valence-electron chi connectivity index (χ2n) is 11.2. The van der Waals surface area contributed by atoms with Crippen LogP contribution in [0.2, 0.25) is 5.02 Å². The van der Waals surface area contributed by atoms with Crippen LogP contribution in [0.4, 0.5) is 14.5 Å². The number of likely N-dealkylation sites (tertiary alicyclic amines) is 1. The van der Waals surface area contributed by atoms with E-state index in [0.29, 0.717) is 23.6 Å². The highest BCUT2D eigenvalue weighted by molar-refractivity contribution is 7.20. The molecule has 1 saturated carbocycles. The number of benzene rings is 1. The van der Waals surface area contributed by atoms with Crippen molar-refractivity contribution >= 4 is 55.1 Å². The lowest BCUT2D eigenvalue weighted by Crippen LogP contribution is -2.55. The fourth-order valence-corrected chi connectivity index (χ4v) is 5.78. The Hall–Kier alpha value is -2.58. The Kier molecular flexibility index (Phi) is 10.3. The van der Waals surface area contributed by atoms with Crippen LogP contribution in [0.15, 0.2) is 12.1 Å². The van der Waals surface area contributed by atoms with Gasteiger partial charge in [-0.05, 0) is 56.7 Å². The summed E-state index contributed by atoms with van der Waals surface area (Å²) < 4.78 is 29.1. The summed E-state index contributed by atoms with van der Waals surface area (Å²) in [4.78, 5) is 51.9. The van der Waals surface area contributed by atoms with Gasteiger partial charge in [0.25, 0.3) is 11.8 Å². The van der Waals surface area contributed by atoms with E-state index in [4.69, 9.17) is 11.6 Å². The lowest BCUT2D eigenvalue weighted by molar-refractivity contribution is -0.140. The molecule has 3 rings (SSSR count). The van der Waals surface area contributed by atoms with E-state index in [9.17, 15) is 28.0 Å². The smallest absolute Gasteiger partial charge is 0.267 e. The standard InChI is InChI=1S/C28H38ClF2N4O4P/c1-14-9-23(33-18(5)36)21(29)11-20(14)25(37)32-17(4)27(39)35-13-28(30,31)12-24(35)26(38)34-22(10-15(2)40)16(3)19-7-6-8-19/h9,11,16-17,19,22,24,40H,6-8,10,12-13H2,1-5H3,(H,32,37)(H,33,36)(H,34,38). The van der Waals surface area contributed by atoms with Gasteiger partial charge in [-0.25, -0.2) is 8.78 Å². The van der Waals surface area contributed by atoms with E-state index in [0.717, 1.165) is 29.5 Å². The Morgan fingerprint density at radius 1 is 1.15 bits per heavy atom. The maximum atomic E-state index is 14.6. The Labute approximate surface area is 241 Å². The van der Waals surface area contributed by atoms with Gasteiger partial charge in [-0.1, -0.05) is 43.1 Å². The van der Waals surface area contributed by atoms with E-state index in [1.54, 1.807) is 6.92 Å². The number of hydrogen-bond donors (Lipinski definition) is 3. The second kappa shape index (κ2) is 12.9. The van der Waals surface area contributed by atoms with E-state index >= 15 is 0 Å². The zero-order chi connectivity index (χ0) is 29.9. The largest absolute Gasteiger partial charge is 0.351 e. The SMILES string of the molecule is CC(=O)Nc1cc(C)c(C(=O)NC(C)C(=O)N2CC(F)(F)CC2C(=O)NC(CC(C)=P)C(C)C2CCC2)cc1Cl. The van der Waals surface area contributed by atoms with Crippen molar-refractivity contribution in [3.8, 4) is 0 Å². The molecular formula is C28H38ClF2N4O4P. The first-order valence-electron chi connectivity index (χ1n) is 13.5. The number of carbonyl (C=O) groups excluding carboxylic acids is 4. The molecule has 4 amide bonds. The van der Waals surface area contributed by atoms with Crippen LogP contribution in [0.1, 0.15) is 75.7 Å². The molecule has 4 unspecified atom stereocenters. The number of anilines is 1. The Morgan fingerprint density at radius 3 is 2.35 bits per heavy atom. The van der Waals surface area contributed by atoms with Gasteiger partial charge in [0.05, 0.1) is 17.3 Å². The molecule has 40 heavy (non-hydrogen) atoms. The summed E-state index contributed by atoms with van der Waals surface area (Å²) in [5.41, 5.74) is 0.979. The van der Waals surface area contributed by atoms with Crippen molar-refractivity contribution in [3.63, 3.8) is 0 Å². The van der Waals surface area contributed by atoms with E-state index in [-0.39, 0.29) is 28.5 Å². The molecule has 12 heteroatoms. The number of rotatable bonds is 10. The summed E-state index contributed by atoms with van der Waals surface area (Å²) in [5, 5.41) is 9.11. The van der Waals surface area contributed by atoms with E-state index in [1.807, 2.05) is 6.92 Å². The molecule has 2 fully saturated rings. The van der Waals surface area contributed by atoms with Crippen molar-refractivity contribution in [1.29, 1.82) is 0 Å². The van der Waals surface area contributed by atoms with Crippen LogP contribution < -0.4 is 16.0 Å². The maximum absolute atomic E-state index is 14.6. The molecular weight excluding hydrogens is 561 g/mol. The number of nitrogens with one attached hydrogen (secondary N) is 3. The lowest BCUT2D eigenvalue weighted by atomic mass is 9.73. The molecule has 4 atom stereocenters. The molecule has 0 aromatic heterocycles. The third-order valence-electron chi connectivity index (χ3n) is 7.82. The van der Waals surface area contributed by atoms with Crippen LogP contribution in [0.25, 0.3) is 0 Å². The van der Waals surface area contributed by atoms with Crippen molar-refractivity contribution in [2.75, 3.05) is 11.9 Å². The molecule has 1 saturated heterocycles. The highest BCUT2D eigenvalue weighted by Crippen LogP contribution is 2.37. The summed E-state index contributed by atoms with van der Waals surface area (Å²) in [6.07, 6.45) is 3.03. The van der Waals surface area contributed by atoms with Gasteiger partial charge in [-0.15, -0.1) is 8.86 Å². The molecule has 1 aliphatic heterocycles. The predicted octanol–water partition coefficient (Wildman–Crippen LogP) is 4.61. The van der Waals surface area contributed by atoms with Crippen molar-refractivity contribution in [2.45, 2.75) is 90.8 Å². The average Bonchev–Trinajstić information content (AvgIpc) is 3.13. The predicted molar refractivity (Wildman–Crippen MR) is 155 cm³/mol. The molecule has 1 aromatic rings. The number of amides is 4. The molecule has 1 heterocycles. The Bertz CT molecular complexity index is 1190. The first-order chi connectivity index (χ1) is 18.6. The minimum absolute atomic E-state index is 0.127. The van der Waals surface area contributed by atoms with Gasteiger partial charge in [-0.2, -0.15) is 0 Å². The van der Waals surface area contributed by atoms with Gasteiger partial charge in [-0.3, -0.25) is 19.2 Å². The topological polar surface area (TPSA) is 108 Å².